The van der Waals surface area contributed by atoms with E-state index in [-0.39, 0.29) is 0 Å². The number of esters is 1. The quantitative estimate of drug-likeness (QED) is 0.608. The Labute approximate surface area is 136 Å². The van der Waals surface area contributed by atoms with Gasteiger partial charge in [0.25, 0.3) is 0 Å². The fourth-order valence-electron chi connectivity index (χ4n) is 2.22. The summed E-state index contributed by atoms with van der Waals surface area (Å²) < 4.78 is 4.62. The number of benzene rings is 2. The molecule has 23 heavy (non-hydrogen) atoms. The van der Waals surface area contributed by atoms with Crippen molar-refractivity contribution in [3.8, 4) is 6.07 Å². The lowest BCUT2D eigenvalue weighted by molar-refractivity contribution is -0.143. The predicted molar refractivity (Wildman–Crippen MR) is 89.1 cm³/mol. The van der Waals surface area contributed by atoms with E-state index < -0.39 is 11.9 Å². The molecule has 0 saturated carbocycles. The average molecular weight is 306 g/mol. The molecule has 4 nitrogen and oxygen atoms in total. The van der Waals surface area contributed by atoms with Crippen LogP contribution in [0.2, 0.25) is 0 Å². The molecule has 2 aromatic rings. The van der Waals surface area contributed by atoms with Gasteiger partial charge >= 0.3 is 5.97 Å². The Morgan fingerprint density at radius 1 is 1.09 bits per heavy atom. The number of ether oxygens (including phenoxy) is 1. The van der Waals surface area contributed by atoms with E-state index in [1.54, 1.807) is 0 Å². The molecule has 0 saturated heterocycles. The molecule has 1 atom stereocenters. The molecule has 4 heteroatoms. The van der Waals surface area contributed by atoms with Crippen LogP contribution in [0.25, 0.3) is 0 Å². The Balaban J connectivity index is 2.22. The van der Waals surface area contributed by atoms with Crippen molar-refractivity contribution in [1.29, 1.82) is 5.26 Å². The van der Waals surface area contributed by atoms with Crippen LogP contribution < -0.4 is 0 Å². The largest absolute Gasteiger partial charge is 0.468 e. The van der Waals surface area contributed by atoms with E-state index in [1.165, 1.54) is 7.11 Å². The van der Waals surface area contributed by atoms with Crippen LogP contribution in [0.1, 0.15) is 17.5 Å². The summed E-state index contributed by atoms with van der Waals surface area (Å²) >= 11 is 0. The van der Waals surface area contributed by atoms with Crippen molar-refractivity contribution in [2.45, 2.75) is 6.42 Å². The minimum absolute atomic E-state index is 0.340. The zero-order valence-corrected chi connectivity index (χ0v) is 13.0. The Kier molecular flexibility index (Phi) is 6.07. The smallest absolute Gasteiger partial charge is 0.323 e. The van der Waals surface area contributed by atoms with Gasteiger partial charge in [-0.1, -0.05) is 60.7 Å². The highest BCUT2D eigenvalue weighted by Crippen LogP contribution is 2.12. The van der Waals surface area contributed by atoms with E-state index in [1.807, 2.05) is 66.7 Å². The van der Waals surface area contributed by atoms with Gasteiger partial charge in [-0.25, -0.2) is 0 Å². The summed E-state index contributed by atoms with van der Waals surface area (Å²) in [5.74, 6) is -1.29. The summed E-state index contributed by atoms with van der Waals surface area (Å²) in [6, 6.07) is 21.7. The third-order valence-electron chi connectivity index (χ3n) is 3.42. The van der Waals surface area contributed by atoms with Gasteiger partial charge < -0.3 is 4.74 Å². The summed E-state index contributed by atoms with van der Waals surface area (Å²) in [5, 5.41) is 9.03. The second-order valence-corrected chi connectivity index (χ2v) is 4.96. The lowest BCUT2D eigenvalue weighted by Gasteiger charge is -2.09. The number of nitrogens with zero attached hydrogens (tertiary/aromatic N) is 2. The van der Waals surface area contributed by atoms with Crippen molar-refractivity contribution in [2.24, 2.45) is 10.9 Å². The molecule has 0 radical (unpaired) electrons. The lowest BCUT2D eigenvalue weighted by atomic mass is 10.0. The van der Waals surface area contributed by atoms with E-state index >= 15 is 0 Å². The van der Waals surface area contributed by atoms with E-state index in [0.29, 0.717) is 13.0 Å². The highest BCUT2D eigenvalue weighted by molar-refractivity contribution is 6.12. The van der Waals surface area contributed by atoms with Crippen molar-refractivity contribution in [1.82, 2.24) is 0 Å². The van der Waals surface area contributed by atoms with Crippen molar-refractivity contribution in [3.05, 3.63) is 71.8 Å². The molecule has 0 aromatic heterocycles. The fourth-order valence-corrected chi connectivity index (χ4v) is 2.22. The molecule has 2 aromatic carbocycles. The van der Waals surface area contributed by atoms with Crippen molar-refractivity contribution in [3.63, 3.8) is 0 Å². The highest BCUT2D eigenvalue weighted by Gasteiger charge is 2.17. The highest BCUT2D eigenvalue weighted by atomic mass is 16.5. The summed E-state index contributed by atoms with van der Waals surface area (Å²) in [7, 11) is 1.29. The maximum Gasteiger partial charge on any atom is 0.323 e. The van der Waals surface area contributed by atoms with Gasteiger partial charge in [0.05, 0.1) is 18.9 Å². The fraction of sp³-hybridized carbons (Fsp3) is 0.211. The zero-order chi connectivity index (χ0) is 16.5. The first-order valence-electron chi connectivity index (χ1n) is 7.39. The number of nitriles is 1. The molecule has 1 unspecified atom stereocenters. The van der Waals surface area contributed by atoms with Crippen LogP contribution in [0.5, 0.6) is 0 Å². The van der Waals surface area contributed by atoms with Crippen LogP contribution in [-0.4, -0.2) is 25.3 Å². The average Bonchev–Trinajstić information content (AvgIpc) is 2.63. The van der Waals surface area contributed by atoms with Crippen LogP contribution >= 0.6 is 0 Å². The first kappa shape index (κ1) is 16.4. The van der Waals surface area contributed by atoms with E-state index in [4.69, 9.17) is 5.26 Å². The molecule has 0 bridgehead atoms. The second kappa shape index (κ2) is 8.50. The number of aliphatic imine (C=N–C) groups is 1. The Morgan fingerprint density at radius 2 is 1.61 bits per heavy atom. The molecule has 0 aliphatic carbocycles. The van der Waals surface area contributed by atoms with Gasteiger partial charge in [0.15, 0.2) is 0 Å². The lowest BCUT2D eigenvalue weighted by Crippen LogP contribution is -2.16. The molecule has 2 rings (SSSR count). The van der Waals surface area contributed by atoms with Gasteiger partial charge in [-0.2, -0.15) is 5.26 Å². The first-order chi connectivity index (χ1) is 11.3. The predicted octanol–water partition coefficient (Wildman–Crippen LogP) is 3.23. The van der Waals surface area contributed by atoms with Crippen molar-refractivity contribution in [2.75, 3.05) is 13.7 Å². The number of rotatable bonds is 6. The Bertz CT molecular complexity index is 662. The number of carbonyl (C=O) groups excluding carboxylic acids is 1. The van der Waals surface area contributed by atoms with Gasteiger partial charge in [-0.05, 0) is 6.42 Å². The molecule has 0 amide bonds. The number of methoxy groups -OCH3 is 1. The molecule has 0 aliphatic rings. The SMILES string of the molecule is COC(=O)C(C#N)CCN=C(c1ccccc1)c1ccccc1. The molecule has 0 fully saturated rings. The number of hydrogen-bond acceptors (Lipinski definition) is 4. The topological polar surface area (TPSA) is 62.5 Å². The first-order valence-corrected chi connectivity index (χ1v) is 7.39. The zero-order valence-electron chi connectivity index (χ0n) is 13.0. The minimum Gasteiger partial charge on any atom is -0.468 e. The molecule has 0 heterocycles. The Morgan fingerprint density at radius 3 is 2.04 bits per heavy atom. The van der Waals surface area contributed by atoms with Gasteiger partial charge in [0, 0.05) is 17.7 Å². The molecule has 0 N–H and O–H groups in total. The van der Waals surface area contributed by atoms with E-state index in [9.17, 15) is 4.79 Å². The van der Waals surface area contributed by atoms with Crippen LogP contribution in [0.3, 0.4) is 0 Å². The maximum atomic E-state index is 11.5. The van der Waals surface area contributed by atoms with Crippen LogP contribution in [-0.2, 0) is 9.53 Å². The summed E-state index contributed by atoms with van der Waals surface area (Å²) in [6.45, 7) is 0.381. The Hall–Kier alpha value is -2.93. The molecular formula is C19H18N2O2. The minimum atomic E-state index is -0.781. The van der Waals surface area contributed by atoms with Crippen LogP contribution in [0.15, 0.2) is 65.7 Å². The van der Waals surface area contributed by atoms with E-state index in [0.717, 1.165) is 16.8 Å². The molecule has 0 aliphatic heterocycles. The summed E-state index contributed by atoms with van der Waals surface area (Å²) in [6.07, 6.45) is 0.340. The third-order valence-corrected chi connectivity index (χ3v) is 3.42. The van der Waals surface area contributed by atoms with Crippen molar-refractivity contribution >= 4 is 11.7 Å². The number of hydrogen-bond donors (Lipinski definition) is 0. The maximum absolute atomic E-state index is 11.5. The third kappa shape index (κ3) is 4.52. The number of carbonyl (C=O) groups is 1. The second-order valence-electron chi connectivity index (χ2n) is 4.96. The van der Waals surface area contributed by atoms with Crippen LogP contribution in [0, 0.1) is 17.2 Å². The van der Waals surface area contributed by atoms with Crippen molar-refractivity contribution < 1.29 is 9.53 Å². The monoisotopic (exact) mass is 306 g/mol. The normalized spacial score (nSPS) is 11.1. The molecule has 116 valence electrons. The van der Waals surface area contributed by atoms with Gasteiger partial charge in [-0.15, -0.1) is 0 Å². The summed E-state index contributed by atoms with van der Waals surface area (Å²) in [5.41, 5.74) is 2.86. The van der Waals surface area contributed by atoms with Crippen LogP contribution in [0.4, 0.5) is 0 Å². The van der Waals surface area contributed by atoms with Gasteiger partial charge in [0.1, 0.15) is 5.92 Å². The standard InChI is InChI=1S/C19H18N2O2/c1-23-19(22)17(14-20)12-13-21-18(15-8-4-2-5-9-15)16-10-6-3-7-11-16/h2-11,17H,12-13H2,1H3. The van der Waals surface area contributed by atoms with E-state index in [2.05, 4.69) is 9.73 Å². The molecule has 0 spiro atoms. The summed E-state index contributed by atoms with van der Waals surface area (Å²) in [4.78, 5) is 16.1. The van der Waals surface area contributed by atoms with Gasteiger partial charge in [0.2, 0.25) is 0 Å². The van der Waals surface area contributed by atoms with Gasteiger partial charge in [-0.3, -0.25) is 9.79 Å². The molecular weight excluding hydrogens is 288 g/mol.